The molecule has 0 saturated carbocycles. The van der Waals surface area contributed by atoms with Gasteiger partial charge in [0.05, 0.1) is 24.8 Å². The molecule has 0 aliphatic carbocycles. The Morgan fingerprint density at radius 1 is 1.22 bits per heavy atom. The third kappa shape index (κ3) is 4.76. The second-order valence-electron chi connectivity index (χ2n) is 10.00. The van der Waals surface area contributed by atoms with E-state index in [0.29, 0.717) is 24.5 Å². The van der Waals surface area contributed by atoms with E-state index in [1.54, 1.807) is 6.20 Å². The number of nitrogens with one attached hydrogen (secondary N) is 1. The summed E-state index contributed by atoms with van der Waals surface area (Å²) < 4.78 is 9.63. The van der Waals surface area contributed by atoms with E-state index in [1.807, 2.05) is 50.7 Å². The maximum atomic E-state index is 13.5. The third-order valence-corrected chi connectivity index (χ3v) is 7.58. The minimum absolute atomic E-state index is 0.0772. The van der Waals surface area contributed by atoms with Crippen LogP contribution < -0.4 is 5.32 Å². The number of aryl methyl sites for hydroxylation is 1. The fraction of sp³-hybridized carbons (Fsp3) is 0.429. The van der Waals surface area contributed by atoms with Gasteiger partial charge in [0.25, 0.3) is 11.8 Å². The Kier molecular flexibility index (Phi) is 6.83. The number of rotatable bonds is 6. The summed E-state index contributed by atoms with van der Waals surface area (Å²) in [5.74, 6) is -0.835. The zero-order valence-corrected chi connectivity index (χ0v) is 22.1. The number of hydrogen-bond acceptors (Lipinski definition) is 5. The van der Waals surface area contributed by atoms with Crippen LogP contribution in [0.2, 0.25) is 0 Å². The molecule has 0 radical (unpaired) electrons. The highest BCUT2D eigenvalue weighted by Gasteiger charge is 2.28. The Morgan fingerprint density at radius 2 is 1.97 bits per heavy atom. The van der Waals surface area contributed by atoms with Gasteiger partial charge in [0.15, 0.2) is 0 Å². The summed E-state index contributed by atoms with van der Waals surface area (Å²) in [5, 5.41) is 7.34. The maximum absolute atomic E-state index is 13.5. The topological polar surface area (TPSA) is 93.2 Å². The van der Waals surface area contributed by atoms with E-state index in [1.165, 1.54) is 0 Å². The minimum atomic E-state index is -0.437. The number of nitrogens with zero attached hydrogens (tertiary/aromatic N) is 5. The molecule has 2 atom stereocenters. The molecule has 194 valence electrons. The minimum Gasteiger partial charge on any atom is -0.379 e. The number of allylic oxidation sites excluding steroid dienone is 1. The van der Waals surface area contributed by atoms with Crippen LogP contribution in [0.25, 0.3) is 16.8 Å². The molecule has 3 aromatic heterocycles. The average Bonchev–Trinajstić information content (AvgIpc) is 3.48. The number of aromatic nitrogens is 3. The molecule has 9 nitrogen and oxygen atoms in total. The van der Waals surface area contributed by atoms with E-state index in [4.69, 9.17) is 4.74 Å². The molecule has 1 fully saturated rings. The summed E-state index contributed by atoms with van der Waals surface area (Å²) in [6, 6.07) is 6.10. The largest absolute Gasteiger partial charge is 0.379 e. The van der Waals surface area contributed by atoms with Crippen LogP contribution in [0.4, 0.5) is 0 Å². The van der Waals surface area contributed by atoms with Crippen molar-refractivity contribution in [3.8, 4) is 11.3 Å². The lowest BCUT2D eigenvalue weighted by Crippen LogP contribution is -2.39. The summed E-state index contributed by atoms with van der Waals surface area (Å²) in [4.78, 5) is 32.5. The summed E-state index contributed by atoms with van der Waals surface area (Å²) in [6.45, 7) is 11.2. The normalized spacial score (nSPS) is 19.6. The van der Waals surface area contributed by atoms with Crippen molar-refractivity contribution in [2.24, 2.45) is 18.0 Å². The van der Waals surface area contributed by atoms with Gasteiger partial charge in [0.1, 0.15) is 0 Å². The number of morpholine rings is 1. The smallest absolute Gasteiger partial charge is 0.254 e. The second-order valence-corrected chi connectivity index (χ2v) is 10.00. The van der Waals surface area contributed by atoms with Crippen LogP contribution in [-0.2, 0) is 16.6 Å². The van der Waals surface area contributed by atoms with Gasteiger partial charge in [-0.3, -0.25) is 19.2 Å². The van der Waals surface area contributed by atoms with Gasteiger partial charge < -0.3 is 14.5 Å². The summed E-state index contributed by atoms with van der Waals surface area (Å²) in [7, 11) is 1.92. The van der Waals surface area contributed by atoms with Gasteiger partial charge in [-0.05, 0) is 57.5 Å². The molecule has 2 aliphatic heterocycles. The predicted molar refractivity (Wildman–Crippen MR) is 143 cm³/mol. The molecule has 2 unspecified atom stereocenters. The number of carbonyl (C=O) groups is 2. The second kappa shape index (κ2) is 10.1. The molecule has 5 heterocycles. The van der Waals surface area contributed by atoms with Crippen LogP contribution in [0.5, 0.6) is 0 Å². The van der Waals surface area contributed by atoms with Crippen molar-refractivity contribution >= 4 is 23.0 Å². The Bertz CT molecular complexity index is 1420. The lowest BCUT2D eigenvalue weighted by molar-refractivity contribution is -0.120. The van der Waals surface area contributed by atoms with Gasteiger partial charge in [-0.1, -0.05) is 5.57 Å². The molecule has 2 amide bonds. The average molecular weight is 503 g/mol. The Balaban J connectivity index is 1.52. The maximum Gasteiger partial charge on any atom is 0.254 e. The standard InChI is InChI=1S/C28H34N6O3/c1-17-12-18(2)31-28(36)24(17)15-29-27(35)23-14-22-13-21(25-6-7-30-32(25)5)16-34(22)26(19(23)3)20(4)33-8-10-37-11-9-33/h6-7,12-14,16,20,24H,8-11,15H2,1-5H3,(H,29,35). The van der Waals surface area contributed by atoms with Crippen molar-refractivity contribution in [2.45, 2.75) is 33.7 Å². The molecular formula is C28H34N6O3. The van der Waals surface area contributed by atoms with Gasteiger partial charge in [-0.2, -0.15) is 5.10 Å². The first-order valence-electron chi connectivity index (χ1n) is 12.8. The van der Waals surface area contributed by atoms with Crippen molar-refractivity contribution in [1.29, 1.82) is 0 Å². The number of hydrogen-bond donors (Lipinski definition) is 1. The van der Waals surface area contributed by atoms with Gasteiger partial charge in [0.2, 0.25) is 0 Å². The van der Waals surface area contributed by atoms with Gasteiger partial charge >= 0.3 is 0 Å². The quantitative estimate of drug-likeness (QED) is 0.558. The first kappa shape index (κ1) is 25.1. The lowest BCUT2D eigenvalue weighted by atomic mass is 9.95. The highest BCUT2D eigenvalue weighted by Crippen LogP contribution is 2.32. The molecule has 37 heavy (non-hydrogen) atoms. The number of aliphatic imine (C=N–C) groups is 1. The Hall–Kier alpha value is -3.56. The summed E-state index contributed by atoms with van der Waals surface area (Å²) in [5.41, 5.74) is 7.20. The molecule has 0 aromatic carbocycles. The zero-order chi connectivity index (χ0) is 26.3. The predicted octanol–water partition coefficient (Wildman–Crippen LogP) is 3.33. The molecule has 0 bridgehead atoms. The van der Waals surface area contributed by atoms with Gasteiger partial charge in [-0.25, -0.2) is 4.99 Å². The number of ether oxygens (including phenoxy) is 1. The molecule has 9 heteroatoms. The highest BCUT2D eigenvalue weighted by atomic mass is 16.5. The first-order chi connectivity index (χ1) is 17.7. The van der Waals surface area contributed by atoms with Crippen molar-refractivity contribution in [1.82, 2.24) is 24.4 Å². The summed E-state index contributed by atoms with van der Waals surface area (Å²) >= 11 is 0. The van der Waals surface area contributed by atoms with Crippen LogP contribution in [0, 0.1) is 12.8 Å². The van der Waals surface area contributed by atoms with Crippen LogP contribution >= 0.6 is 0 Å². The van der Waals surface area contributed by atoms with E-state index >= 15 is 0 Å². The lowest BCUT2D eigenvalue weighted by Gasteiger charge is -2.34. The van der Waals surface area contributed by atoms with Crippen molar-refractivity contribution in [2.75, 3.05) is 32.8 Å². The molecule has 3 aromatic rings. The van der Waals surface area contributed by atoms with Crippen LogP contribution in [0.15, 0.2) is 47.2 Å². The van der Waals surface area contributed by atoms with Crippen molar-refractivity contribution < 1.29 is 14.3 Å². The fourth-order valence-corrected chi connectivity index (χ4v) is 5.51. The van der Waals surface area contributed by atoms with Crippen molar-refractivity contribution in [3.05, 3.63) is 59.1 Å². The molecule has 5 rings (SSSR count). The van der Waals surface area contributed by atoms with Gasteiger partial charge in [-0.15, -0.1) is 0 Å². The van der Waals surface area contributed by atoms with Crippen molar-refractivity contribution in [3.63, 3.8) is 0 Å². The first-order valence-corrected chi connectivity index (χ1v) is 12.8. The van der Waals surface area contributed by atoms with Gasteiger partial charge in [0, 0.05) is 73.2 Å². The number of pyridine rings is 1. The number of amides is 2. The van der Waals surface area contributed by atoms with Crippen LogP contribution in [0.3, 0.4) is 0 Å². The number of dihydropyridines is 1. The SMILES string of the molecule is CC1=CC(C)=NC(=O)C1CNC(=O)c1cc2cc(-c3ccnn3C)cn2c(C(C)N2CCOCC2)c1C. The Labute approximate surface area is 216 Å². The Morgan fingerprint density at radius 3 is 2.65 bits per heavy atom. The monoisotopic (exact) mass is 502 g/mol. The molecular weight excluding hydrogens is 468 g/mol. The van der Waals surface area contributed by atoms with E-state index < -0.39 is 5.92 Å². The van der Waals surface area contributed by atoms with E-state index in [2.05, 4.69) is 43.9 Å². The zero-order valence-electron chi connectivity index (χ0n) is 22.1. The van der Waals surface area contributed by atoms with Crippen LogP contribution in [-0.4, -0.2) is 69.5 Å². The molecule has 0 spiro atoms. The summed E-state index contributed by atoms with van der Waals surface area (Å²) in [6.07, 6.45) is 5.81. The molecule has 1 saturated heterocycles. The fourth-order valence-electron chi connectivity index (χ4n) is 5.51. The van der Waals surface area contributed by atoms with E-state index in [-0.39, 0.29) is 24.4 Å². The van der Waals surface area contributed by atoms with Crippen LogP contribution in [0.1, 0.15) is 48.4 Å². The van der Waals surface area contributed by atoms with E-state index in [9.17, 15) is 9.59 Å². The number of fused-ring (bicyclic) bond motifs is 1. The molecule has 2 aliphatic rings. The number of carbonyl (C=O) groups excluding carboxylic acids is 2. The third-order valence-electron chi connectivity index (χ3n) is 7.58. The molecule has 1 N–H and O–H groups in total. The highest BCUT2D eigenvalue weighted by molar-refractivity contribution is 6.06. The van der Waals surface area contributed by atoms with E-state index in [0.717, 1.165) is 46.7 Å².